The van der Waals surface area contributed by atoms with Gasteiger partial charge in [-0.25, -0.2) is 0 Å². The van der Waals surface area contributed by atoms with E-state index >= 15 is 0 Å². The molecule has 0 radical (unpaired) electrons. The highest BCUT2D eigenvalue weighted by Gasteiger charge is 2.08. The first-order chi connectivity index (χ1) is 6.38. The predicted molar refractivity (Wildman–Crippen MR) is 65.7 cm³/mol. The monoisotopic (exact) mass is 208 g/mol. The molecule has 0 bridgehead atoms. The van der Waals surface area contributed by atoms with Crippen molar-refractivity contribution >= 4 is 14.0 Å². The lowest BCUT2D eigenvalue weighted by atomic mass is 10.4. The first kappa shape index (κ1) is 12.8. The molecule has 0 unspecified atom stereocenters. The normalized spacial score (nSPS) is 9.21. The Balaban J connectivity index is 0.00000169. The molecule has 0 aliphatic carbocycles. The minimum Gasteiger partial charge on any atom is -0.269 e. The molecule has 1 aromatic rings. The van der Waals surface area contributed by atoms with Crippen LogP contribution in [0, 0.1) is 0 Å². The van der Waals surface area contributed by atoms with Crippen molar-refractivity contribution in [2.24, 2.45) is 0 Å². The molecule has 0 spiro atoms. The van der Waals surface area contributed by atoms with Crippen LogP contribution in [0.4, 0.5) is 4.70 Å². The van der Waals surface area contributed by atoms with E-state index in [1.54, 1.807) is 0 Å². The Kier molecular flexibility index (Phi) is 6.67. The summed E-state index contributed by atoms with van der Waals surface area (Å²) >= 11 is 0. The molecule has 0 nitrogen and oxygen atoms in total. The van der Waals surface area contributed by atoms with Crippen LogP contribution in [0.3, 0.4) is 0 Å². The van der Waals surface area contributed by atoms with Crippen molar-refractivity contribution < 1.29 is 4.70 Å². The average molecular weight is 208 g/mol. The Bertz CT molecular complexity index is 259. The zero-order valence-corrected chi connectivity index (χ0v) is 9.51. The van der Waals surface area contributed by atoms with Crippen LogP contribution >= 0.6 is 0 Å². The van der Waals surface area contributed by atoms with Gasteiger partial charge in [0.1, 0.15) is 0 Å². The van der Waals surface area contributed by atoms with Crippen molar-refractivity contribution in [2.75, 3.05) is 0 Å². The number of rotatable bonds is 5. The molecule has 0 saturated heterocycles. The first-order valence-electron chi connectivity index (χ1n) is 4.65. The standard InChI is InChI=1S/C12H16Si.FH/c1-3-10-13(11-4-2)12-8-6-5-7-9-12;/h3-9,13H,1-2,10-11H2;1H. The highest BCUT2D eigenvalue weighted by molar-refractivity contribution is 6.73. The summed E-state index contributed by atoms with van der Waals surface area (Å²) in [7, 11) is -0.828. The maximum atomic E-state index is 3.81. The number of hydrogen-bond acceptors (Lipinski definition) is 0. The van der Waals surface area contributed by atoms with Gasteiger partial charge in [0.15, 0.2) is 0 Å². The fourth-order valence-electron chi connectivity index (χ4n) is 1.50. The quantitative estimate of drug-likeness (QED) is 0.515. The molecule has 0 aromatic heterocycles. The fraction of sp³-hybridized carbons (Fsp3) is 0.167. The summed E-state index contributed by atoms with van der Waals surface area (Å²) in [4.78, 5) is 0. The lowest BCUT2D eigenvalue weighted by Crippen LogP contribution is -2.28. The summed E-state index contributed by atoms with van der Waals surface area (Å²) in [5.74, 6) is 0. The van der Waals surface area contributed by atoms with Gasteiger partial charge in [-0.05, 0) is 12.1 Å². The van der Waals surface area contributed by atoms with E-state index in [1.807, 2.05) is 12.2 Å². The van der Waals surface area contributed by atoms with Crippen LogP contribution in [0.15, 0.2) is 55.6 Å². The molecule has 0 saturated carbocycles. The number of benzene rings is 1. The van der Waals surface area contributed by atoms with Gasteiger partial charge >= 0.3 is 0 Å². The Hall–Kier alpha value is -1.15. The van der Waals surface area contributed by atoms with E-state index in [0.29, 0.717) is 0 Å². The van der Waals surface area contributed by atoms with Crippen LogP contribution in [0.1, 0.15) is 0 Å². The second-order valence-corrected chi connectivity index (χ2v) is 6.16. The Morgan fingerprint density at radius 1 is 1.00 bits per heavy atom. The molecule has 0 fully saturated rings. The summed E-state index contributed by atoms with van der Waals surface area (Å²) in [6.07, 6.45) is 4.07. The van der Waals surface area contributed by atoms with E-state index in [1.165, 1.54) is 5.19 Å². The molecule has 0 N–H and O–H groups in total. The number of allylic oxidation sites excluding steroid dienone is 2. The van der Waals surface area contributed by atoms with Crippen LogP contribution < -0.4 is 5.19 Å². The summed E-state index contributed by atoms with van der Waals surface area (Å²) < 4.78 is 0. The Morgan fingerprint density at radius 2 is 1.50 bits per heavy atom. The molecule has 0 atom stereocenters. The van der Waals surface area contributed by atoms with Crippen molar-refractivity contribution in [1.82, 2.24) is 0 Å². The maximum Gasteiger partial charge on any atom is 0.0782 e. The topological polar surface area (TPSA) is 0 Å². The molecule has 0 aliphatic rings. The van der Waals surface area contributed by atoms with Gasteiger partial charge < -0.3 is 0 Å². The van der Waals surface area contributed by atoms with E-state index in [9.17, 15) is 0 Å². The van der Waals surface area contributed by atoms with Crippen LogP contribution in [0.2, 0.25) is 12.1 Å². The number of halogens is 1. The molecule has 1 aromatic carbocycles. The van der Waals surface area contributed by atoms with Crippen LogP contribution in [-0.4, -0.2) is 8.80 Å². The highest BCUT2D eigenvalue weighted by Crippen LogP contribution is 2.02. The second kappa shape index (κ2) is 7.27. The van der Waals surface area contributed by atoms with Gasteiger partial charge in [0.05, 0.1) is 8.80 Å². The predicted octanol–water partition coefficient (Wildman–Crippen LogP) is 2.65. The molecule has 0 aliphatic heterocycles. The van der Waals surface area contributed by atoms with Crippen molar-refractivity contribution in [2.45, 2.75) is 12.1 Å². The van der Waals surface area contributed by atoms with Gasteiger partial charge in [0.25, 0.3) is 0 Å². The zero-order chi connectivity index (χ0) is 9.52. The van der Waals surface area contributed by atoms with Gasteiger partial charge in [-0.3, -0.25) is 4.70 Å². The van der Waals surface area contributed by atoms with E-state index in [-0.39, 0.29) is 4.70 Å². The summed E-state index contributed by atoms with van der Waals surface area (Å²) in [5.41, 5.74) is 0. The van der Waals surface area contributed by atoms with Gasteiger partial charge in [-0.1, -0.05) is 47.7 Å². The summed E-state index contributed by atoms with van der Waals surface area (Å²) in [5, 5.41) is 1.52. The van der Waals surface area contributed by atoms with Crippen molar-refractivity contribution in [3.8, 4) is 0 Å². The van der Waals surface area contributed by atoms with Crippen LogP contribution in [0.25, 0.3) is 0 Å². The Morgan fingerprint density at radius 3 is 1.93 bits per heavy atom. The van der Waals surface area contributed by atoms with Gasteiger partial charge in [0, 0.05) is 0 Å². The summed E-state index contributed by atoms with van der Waals surface area (Å²) in [6, 6.07) is 13.1. The van der Waals surface area contributed by atoms with Gasteiger partial charge in [0.2, 0.25) is 0 Å². The number of hydrogen-bond donors (Lipinski definition) is 0. The molecular formula is C12H17FSi. The lowest BCUT2D eigenvalue weighted by Gasteiger charge is -2.10. The van der Waals surface area contributed by atoms with Crippen LogP contribution in [0.5, 0.6) is 0 Å². The highest BCUT2D eigenvalue weighted by atomic mass is 28.3. The minimum absolute atomic E-state index is 0. The third-order valence-electron chi connectivity index (χ3n) is 2.17. The van der Waals surface area contributed by atoms with Gasteiger partial charge in [-0.2, -0.15) is 0 Å². The molecule has 0 heterocycles. The van der Waals surface area contributed by atoms with Crippen molar-refractivity contribution in [3.05, 3.63) is 55.6 Å². The third-order valence-corrected chi connectivity index (χ3v) is 5.31. The molecular weight excluding hydrogens is 191 g/mol. The second-order valence-electron chi connectivity index (χ2n) is 3.16. The van der Waals surface area contributed by atoms with E-state index < -0.39 is 8.80 Å². The molecule has 2 heteroatoms. The first-order valence-corrected chi connectivity index (χ1v) is 6.86. The SMILES string of the molecule is C=CC[SiH](CC=C)c1ccccc1.F. The third kappa shape index (κ3) is 3.71. The van der Waals surface area contributed by atoms with Gasteiger partial charge in [-0.15, -0.1) is 13.2 Å². The molecule has 14 heavy (non-hydrogen) atoms. The van der Waals surface area contributed by atoms with Crippen LogP contribution in [-0.2, 0) is 0 Å². The minimum atomic E-state index is -0.828. The molecule has 0 amide bonds. The van der Waals surface area contributed by atoms with E-state index in [2.05, 4.69) is 43.5 Å². The maximum absolute atomic E-state index is 3.81. The lowest BCUT2D eigenvalue weighted by molar-refractivity contribution is 1.11. The molecule has 76 valence electrons. The average Bonchev–Trinajstić information content (AvgIpc) is 2.19. The zero-order valence-electron chi connectivity index (χ0n) is 8.36. The van der Waals surface area contributed by atoms with E-state index in [4.69, 9.17) is 0 Å². The van der Waals surface area contributed by atoms with E-state index in [0.717, 1.165) is 12.1 Å². The Labute approximate surface area is 86.9 Å². The summed E-state index contributed by atoms with van der Waals surface area (Å²) in [6.45, 7) is 7.62. The van der Waals surface area contributed by atoms with Crippen molar-refractivity contribution in [1.29, 1.82) is 0 Å². The smallest absolute Gasteiger partial charge is 0.0782 e. The van der Waals surface area contributed by atoms with Crippen molar-refractivity contribution in [3.63, 3.8) is 0 Å². The fourth-order valence-corrected chi connectivity index (χ4v) is 3.80. The molecule has 1 rings (SSSR count). The largest absolute Gasteiger partial charge is 0.269 e.